The standard InChI is InChI=1S/C15H26N2O2/c18-14-7-5-13(6-8-14)16-15(19)17-9-11-3-1-2-4-12(11)10-17/h11-14,18H,1-10H2,(H,16,19). The highest BCUT2D eigenvalue weighted by molar-refractivity contribution is 5.74. The molecule has 1 saturated heterocycles. The lowest BCUT2D eigenvalue weighted by Gasteiger charge is -2.28. The van der Waals surface area contributed by atoms with Crippen molar-refractivity contribution < 1.29 is 9.90 Å². The average molecular weight is 266 g/mol. The highest BCUT2D eigenvalue weighted by atomic mass is 16.3. The van der Waals surface area contributed by atoms with Crippen LogP contribution in [0.15, 0.2) is 0 Å². The van der Waals surface area contributed by atoms with Crippen LogP contribution >= 0.6 is 0 Å². The van der Waals surface area contributed by atoms with Crippen LogP contribution < -0.4 is 5.32 Å². The average Bonchev–Trinajstić information content (AvgIpc) is 2.85. The first kappa shape index (κ1) is 13.2. The van der Waals surface area contributed by atoms with Crippen molar-refractivity contribution in [1.29, 1.82) is 0 Å². The molecule has 0 radical (unpaired) electrons. The number of carbonyl (C=O) groups excluding carboxylic acids is 1. The van der Waals surface area contributed by atoms with Crippen LogP contribution in [0.3, 0.4) is 0 Å². The van der Waals surface area contributed by atoms with Crippen molar-refractivity contribution in [1.82, 2.24) is 10.2 Å². The van der Waals surface area contributed by atoms with E-state index in [-0.39, 0.29) is 18.2 Å². The minimum Gasteiger partial charge on any atom is -0.393 e. The monoisotopic (exact) mass is 266 g/mol. The predicted molar refractivity (Wildman–Crippen MR) is 73.8 cm³/mol. The molecule has 2 amide bonds. The predicted octanol–water partition coefficient (Wildman–Crippen LogP) is 2.12. The van der Waals surface area contributed by atoms with E-state index in [1.165, 1.54) is 25.7 Å². The Kier molecular flexibility index (Phi) is 3.96. The number of carbonyl (C=O) groups is 1. The third-order valence-corrected chi connectivity index (χ3v) is 5.29. The van der Waals surface area contributed by atoms with E-state index < -0.39 is 0 Å². The summed E-state index contributed by atoms with van der Waals surface area (Å²) in [4.78, 5) is 14.3. The number of amides is 2. The summed E-state index contributed by atoms with van der Waals surface area (Å²) in [6.07, 6.45) is 8.67. The van der Waals surface area contributed by atoms with Crippen LogP contribution in [0.4, 0.5) is 4.79 Å². The third kappa shape index (κ3) is 3.04. The SMILES string of the molecule is O=C(NC1CCC(O)CC1)N1CC2CCCCC2C1. The van der Waals surface area contributed by atoms with E-state index in [1.807, 2.05) is 4.90 Å². The smallest absolute Gasteiger partial charge is 0.317 e. The quantitative estimate of drug-likeness (QED) is 0.764. The van der Waals surface area contributed by atoms with Gasteiger partial charge in [0, 0.05) is 19.1 Å². The number of nitrogens with one attached hydrogen (secondary N) is 1. The van der Waals surface area contributed by atoms with Crippen molar-refractivity contribution in [3.8, 4) is 0 Å². The second-order valence-electron chi connectivity index (χ2n) is 6.66. The first-order valence-corrected chi connectivity index (χ1v) is 7.96. The van der Waals surface area contributed by atoms with Gasteiger partial charge in [0.05, 0.1) is 6.10 Å². The van der Waals surface area contributed by atoms with Crippen molar-refractivity contribution in [2.24, 2.45) is 11.8 Å². The van der Waals surface area contributed by atoms with Gasteiger partial charge in [0.1, 0.15) is 0 Å². The highest BCUT2D eigenvalue weighted by Crippen LogP contribution is 2.36. The van der Waals surface area contributed by atoms with Crippen molar-refractivity contribution >= 4 is 6.03 Å². The Labute approximate surface area is 115 Å². The summed E-state index contributed by atoms with van der Waals surface area (Å²) in [7, 11) is 0. The molecule has 0 aromatic carbocycles. The molecule has 4 heteroatoms. The van der Waals surface area contributed by atoms with Gasteiger partial charge < -0.3 is 15.3 Å². The molecule has 2 N–H and O–H groups in total. The van der Waals surface area contributed by atoms with E-state index in [0.29, 0.717) is 0 Å². The summed E-state index contributed by atoms with van der Waals surface area (Å²) in [5.41, 5.74) is 0. The Morgan fingerprint density at radius 3 is 2.11 bits per heavy atom. The van der Waals surface area contributed by atoms with E-state index in [4.69, 9.17) is 0 Å². The molecule has 1 aliphatic heterocycles. The fourth-order valence-electron chi connectivity index (χ4n) is 4.06. The maximum atomic E-state index is 12.3. The first-order chi connectivity index (χ1) is 9.22. The molecule has 108 valence electrons. The zero-order chi connectivity index (χ0) is 13.2. The van der Waals surface area contributed by atoms with Crippen LogP contribution in [0.5, 0.6) is 0 Å². The molecule has 4 nitrogen and oxygen atoms in total. The Hall–Kier alpha value is -0.770. The van der Waals surface area contributed by atoms with E-state index >= 15 is 0 Å². The second-order valence-corrected chi connectivity index (χ2v) is 6.66. The molecule has 2 aliphatic carbocycles. The largest absolute Gasteiger partial charge is 0.393 e. The summed E-state index contributed by atoms with van der Waals surface area (Å²) in [5.74, 6) is 1.51. The number of hydrogen-bond acceptors (Lipinski definition) is 2. The number of likely N-dealkylation sites (tertiary alicyclic amines) is 1. The fraction of sp³-hybridized carbons (Fsp3) is 0.933. The molecule has 3 aliphatic rings. The lowest BCUT2D eigenvalue weighted by atomic mass is 9.82. The molecule has 0 aromatic rings. The zero-order valence-corrected chi connectivity index (χ0v) is 11.7. The van der Waals surface area contributed by atoms with Gasteiger partial charge in [0.25, 0.3) is 0 Å². The Morgan fingerprint density at radius 2 is 1.53 bits per heavy atom. The van der Waals surface area contributed by atoms with Gasteiger partial charge in [0.15, 0.2) is 0 Å². The Bertz CT molecular complexity index is 312. The molecule has 2 atom stereocenters. The van der Waals surface area contributed by atoms with Crippen LogP contribution in [0, 0.1) is 11.8 Å². The fourth-order valence-corrected chi connectivity index (χ4v) is 4.06. The van der Waals surface area contributed by atoms with Gasteiger partial charge in [-0.05, 0) is 50.4 Å². The van der Waals surface area contributed by atoms with Crippen molar-refractivity contribution in [2.75, 3.05) is 13.1 Å². The normalized spacial score (nSPS) is 38.9. The Balaban J connectivity index is 1.48. The van der Waals surface area contributed by atoms with Crippen molar-refractivity contribution in [3.63, 3.8) is 0 Å². The maximum Gasteiger partial charge on any atom is 0.317 e. The third-order valence-electron chi connectivity index (χ3n) is 5.29. The molecule has 0 spiro atoms. The van der Waals surface area contributed by atoms with E-state index in [0.717, 1.165) is 50.6 Å². The molecule has 3 rings (SSSR count). The summed E-state index contributed by atoms with van der Waals surface area (Å²) in [5, 5.41) is 12.7. The topological polar surface area (TPSA) is 52.6 Å². The molecule has 1 heterocycles. The molecule has 19 heavy (non-hydrogen) atoms. The van der Waals surface area contributed by atoms with Gasteiger partial charge in [-0.2, -0.15) is 0 Å². The lowest BCUT2D eigenvalue weighted by molar-refractivity contribution is 0.115. The van der Waals surface area contributed by atoms with Gasteiger partial charge in [0.2, 0.25) is 0 Å². The molecular formula is C15H26N2O2. The summed E-state index contributed by atoms with van der Waals surface area (Å²) < 4.78 is 0. The van der Waals surface area contributed by atoms with Gasteiger partial charge in [-0.3, -0.25) is 0 Å². The molecule has 0 aromatic heterocycles. The zero-order valence-electron chi connectivity index (χ0n) is 11.7. The molecule has 2 saturated carbocycles. The van der Waals surface area contributed by atoms with Crippen LogP contribution in [-0.2, 0) is 0 Å². The van der Waals surface area contributed by atoms with Gasteiger partial charge in [-0.1, -0.05) is 12.8 Å². The van der Waals surface area contributed by atoms with Crippen LogP contribution in [0.25, 0.3) is 0 Å². The summed E-state index contributed by atoms with van der Waals surface area (Å²) in [6, 6.07) is 0.411. The lowest BCUT2D eigenvalue weighted by Crippen LogP contribution is -2.45. The number of hydrogen-bond donors (Lipinski definition) is 2. The molecular weight excluding hydrogens is 240 g/mol. The maximum absolute atomic E-state index is 12.3. The van der Waals surface area contributed by atoms with E-state index in [9.17, 15) is 9.90 Å². The second kappa shape index (κ2) is 5.70. The van der Waals surface area contributed by atoms with Crippen LogP contribution in [0.2, 0.25) is 0 Å². The minimum atomic E-state index is -0.150. The van der Waals surface area contributed by atoms with Crippen LogP contribution in [0.1, 0.15) is 51.4 Å². The summed E-state index contributed by atoms with van der Waals surface area (Å²) in [6.45, 7) is 1.93. The number of aliphatic hydroxyl groups excluding tert-OH is 1. The number of fused-ring (bicyclic) bond motifs is 1. The number of rotatable bonds is 1. The van der Waals surface area contributed by atoms with E-state index in [1.54, 1.807) is 0 Å². The number of nitrogens with zero attached hydrogens (tertiary/aromatic N) is 1. The number of aliphatic hydroxyl groups is 1. The van der Waals surface area contributed by atoms with Gasteiger partial charge in [-0.15, -0.1) is 0 Å². The Morgan fingerprint density at radius 1 is 0.947 bits per heavy atom. The van der Waals surface area contributed by atoms with Crippen LogP contribution in [-0.4, -0.2) is 41.3 Å². The van der Waals surface area contributed by atoms with Crippen molar-refractivity contribution in [3.05, 3.63) is 0 Å². The summed E-state index contributed by atoms with van der Waals surface area (Å²) >= 11 is 0. The van der Waals surface area contributed by atoms with Gasteiger partial charge in [-0.25, -0.2) is 4.79 Å². The minimum absolute atomic E-state index is 0.135. The van der Waals surface area contributed by atoms with Crippen molar-refractivity contribution in [2.45, 2.75) is 63.5 Å². The first-order valence-electron chi connectivity index (χ1n) is 7.96. The highest BCUT2D eigenvalue weighted by Gasteiger charge is 2.36. The molecule has 3 fully saturated rings. The number of urea groups is 1. The molecule has 2 unspecified atom stereocenters. The molecule has 0 bridgehead atoms. The van der Waals surface area contributed by atoms with E-state index in [2.05, 4.69) is 5.32 Å². The van der Waals surface area contributed by atoms with Gasteiger partial charge >= 0.3 is 6.03 Å².